The van der Waals surface area contributed by atoms with Crippen LogP contribution in [0.2, 0.25) is 0 Å². The van der Waals surface area contributed by atoms with E-state index < -0.39 is 0 Å². The Bertz CT molecular complexity index is 1120. The highest BCUT2D eigenvalue weighted by molar-refractivity contribution is 14.1. The Morgan fingerprint density at radius 2 is 0.968 bits per heavy atom. The van der Waals surface area contributed by atoms with Gasteiger partial charge in [0.2, 0.25) is 0 Å². The molecular formula is C26H18I2N2O. The van der Waals surface area contributed by atoms with E-state index in [0.29, 0.717) is 0 Å². The zero-order chi connectivity index (χ0) is 21.5. The van der Waals surface area contributed by atoms with Crippen molar-refractivity contribution in [3.05, 3.63) is 115 Å². The summed E-state index contributed by atoms with van der Waals surface area (Å²) in [6, 6.07) is 31.9. The monoisotopic (exact) mass is 628 g/mol. The molecule has 5 heteroatoms. The first-order valence-corrected chi connectivity index (χ1v) is 11.8. The first-order chi connectivity index (χ1) is 15.1. The molecule has 0 aliphatic heterocycles. The quantitative estimate of drug-likeness (QED) is 0.157. The minimum atomic E-state index is 0.767. The third kappa shape index (κ3) is 6.73. The predicted molar refractivity (Wildman–Crippen MR) is 146 cm³/mol. The van der Waals surface area contributed by atoms with Gasteiger partial charge in [-0.1, -0.05) is 24.3 Å². The fourth-order valence-corrected chi connectivity index (χ4v) is 3.94. The lowest BCUT2D eigenvalue weighted by Gasteiger charge is -2.06. The summed E-state index contributed by atoms with van der Waals surface area (Å²) < 4.78 is 8.32. The van der Waals surface area contributed by atoms with Crippen molar-refractivity contribution < 1.29 is 4.74 Å². The van der Waals surface area contributed by atoms with Crippen molar-refractivity contribution in [2.45, 2.75) is 0 Å². The van der Waals surface area contributed by atoms with Gasteiger partial charge in [0, 0.05) is 19.6 Å². The molecule has 3 nitrogen and oxygen atoms in total. The number of halogens is 2. The van der Waals surface area contributed by atoms with Crippen molar-refractivity contribution in [3.8, 4) is 11.5 Å². The molecule has 0 saturated heterocycles. The summed E-state index contributed by atoms with van der Waals surface area (Å²) in [5, 5.41) is 0. The van der Waals surface area contributed by atoms with Gasteiger partial charge in [-0.3, -0.25) is 9.98 Å². The maximum atomic E-state index is 5.94. The molecule has 4 aromatic carbocycles. The third-order valence-electron chi connectivity index (χ3n) is 4.33. The summed E-state index contributed by atoms with van der Waals surface area (Å²) in [5.41, 5.74) is 3.92. The van der Waals surface area contributed by atoms with Gasteiger partial charge in [0.15, 0.2) is 0 Å². The molecule has 31 heavy (non-hydrogen) atoms. The first kappa shape index (κ1) is 21.7. The topological polar surface area (TPSA) is 34.0 Å². The molecule has 0 N–H and O–H groups in total. The predicted octanol–water partition coefficient (Wildman–Crippen LogP) is 8.19. The average molecular weight is 628 g/mol. The maximum Gasteiger partial charge on any atom is 0.127 e. The zero-order valence-corrected chi connectivity index (χ0v) is 20.8. The summed E-state index contributed by atoms with van der Waals surface area (Å²) in [7, 11) is 0. The van der Waals surface area contributed by atoms with Crippen LogP contribution >= 0.6 is 45.2 Å². The largest absolute Gasteiger partial charge is 0.457 e. The number of ether oxygens (including phenoxy) is 1. The van der Waals surface area contributed by atoms with E-state index in [-0.39, 0.29) is 0 Å². The van der Waals surface area contributed by atoms with Crippen molar-refractivity contribution in [1.82, 2.24) is 0 Å². The van der Waals surface area contributed by atoms with E-state index >= 15 is 0 Å². The molecule has 0 spiro atoms. The number of hydrogen-bond donors (Lipinski definition) is 0. The van der Waals surface area contributed by atoms with Crippen molar-refractivity contribution in [2.75, 3.05) is 0 Å². The number of rotatable bonds is 6. The van der Waals surface area contributed by atoms with Gasteiger partial charge in [-0.15, -0.1) is 0 Å². The molecule has 0 aromatic heterocycles. The molecule has 0 amide bonds. The Labute approximate surface area is 209 Å². The number of aliphatic imine (C=N–C) groups is 2. The third-order valence-corrected chi connectivity index (χ3v) is 5.67. The highest BCUT2D eigenvalue weighted by Crippen LogP contribution is 2.26. The van der Waals surface area contributed by atoms with Gasteiger partial charge < -0.3 is 4.74 Å². The molecule has 0 bridgehead atoms. The van der Waals surface area contributed by atoms with Crippen LogP contribution in [-0.2, 0) is 0 Å². The minimum absolute atomic E-state index is 0.767. The van der Waals surface area contributed by atoms with E-state index in [1.165, 1.54) is 7.14 Å². The highest BCUT2D eigenvalue weighted by Gasteiger charge is 1.99. The van der Waals surface area contributed by atoms with Gasteiger partial charge >= 0.3 is 0 Å². The number of nitrogens with zero attached hydrogens (tertiary/aromatic N) is 2. The molecule has 0 radical (unpaired) electrons. The van der Waals surface area contributed by atoms with E-state index in [9.17, 15) is 0 Å². The van der Waals surface area contributed by atoms with Crippen molar-refractivity contribution in [2.24, 2.45) is 9.98 Å². The fraction of sp³-hybridized carbons (Fsp3) is 0. The molecule has 0 heterocycles. The highest BCUT2D eigenvalue weighted by atomic mass is 127. The molecule has 152 valence electrons. The molecule has 0 atom stereocenters. The lowest BCUT2D eigenvalue weighted by Crippen LogP contribution is -1.84. The van der Waals surface area contributed by atoms with E-state index in [1.807, 2.05) is 85.2 Å². The van der Waals surface area contributed by atoms with E-state index in [2.05, 4.69) is 79.4 Å². The Morgan fingerprint density at radius 3 is 1.35 bits per heavy atom. The summed E-state index contributed by atoms with van der Waals surface area (Å²) in [6.07, 6.45) is 3.74. The fourth-order valence-electron chi connectivity index (χ4n) is 2.81. The van der Waals surface area contributed by atoms with Crippen LogP contribution in [-0.4, -0.2) is 12.4 Å². The standard InChI is InChI=1S/C26H18I2N2O/c27-21-5-1-3-19(15-21)17-29-23-7-11-25(12-8-23)31-26-13-9-24(10-14-26)30-18-20-4-2-6-22(28)16-20/h1-18H. The van der Waals surface area contributed by atoms with Gasteiger partial charge in [-0.25, -0.2) is 0 Å². The van der Waals surface area contributed by atoms with Gasteiger partial charge in [-0.05, 0) is 129 Å². The lowest BCUT2D eigenvalue weighted by atomic mass is 10.2. The Morgan fingerprint density at radius 1 is 0.548 bits per heavy atom. The molecule has 0 fully saturated rings. The average Bonchev–Trinajstić information content (AvgIpc) is 2.78. The van der Waals surface area contributed by atoms with Crippen molar-refractivity contribution in [3.63, 3.8) is 0 Å². The maximum absolute atomic E-state index is 5.94. The molecule has 0 aliphatic rings. The second-order valence-corrected chi connectivity index (χ2v) is 9.21. The second kappa shape index (κ2) is 10.7. The molecular weight excluding hydrogens is 610 g/mol. The Hall–Kier alpha value is -2.52. The summed E-state index contributed by atoms with van der Waals surface area (Å²) in [5.74, 6) is 1.53. The van der Waals surface area contributed by atoms with Crippen LogP contribution in [0, 0.1) is 7.14 Å². The van der Waals surface area contributed by atoms with Crippen LogP contribution in [0.4, 0.5) is 11.4 Å². The van der Waals surface area contributed by atoms with Crippen molar-refractivity contribution in [1.29, 1.82) is 0 Å². The van der Waals surface area contributed by atoms with Crippen LogP contribution < -0.4 is 4.74 Å². The second-order valence-electron chi connectivity index (χ2n) is 6.72. The van der Waals surface area contributed by atoms with Crippen LogP contribution in [0.1, 0.15) is 11.1 Å². The number of benzene rings is 4. The van der Waals surface area contributed by atoms with Crippen LogP contribution in [0.5, 0.6) is 11.5 Å². The Balaban J connectivity index is 1.37. The summed E-state index contributed by atoms with van der Waals surface area (Å²) >= 11 is 4.60. The van der Waals surface area contributed by atoms with Crippen LogP contribution in [0.3, 0.4) is 0 Å². The SMILES string of the molecule is Ic1cccc(C=Nc2ccc(Oc3ccc(N=Cc4cccc(I)c4)cc3)cc2)c1. The molecule has 4 rings (SSSR count). The van der Waals surface area contributed by atoms with Crippen molar-refractivity contribution >= 4 is 69.0 Å². The number of hydrogen-bond acceptors (Lipinski definition) is 3. The van der Waals surface area contributed by atoms with Crippen LogP contribution in [0.15, 0.2) is 107 Å². The minimum Gasteiger partial charge on any atom is -0.457 e. The summed E-state index contributed by atoms with van der Waals surface area (Å²) in [6.45, 7) is 0. The van der Waals surface area contributed by atoms with Gasteiger partial charge in [0.05, 0.1) is 11.4 Å². The van der Waals surface area contributed by atoms with E-state index in [4.69, 9.17) is 4.74 Å². The van der Waals surface area contributed by atoms with Gasteiger partial charge in [0.25, 0.3) is 0 Å². The lowest BCUT2D eigenvalue weighted by molar-refractivity contribution is 0.483. The Kier molecular flexibility index (Phi) is 7.48. The van der Waals surface area contributed by atoms with Crippen LogP contribution in [0.25, 0.3) is 0 Å². The first-order valence-electron chi connectivity index (χ1n) is 9.61. The smallest absolute Gasteiger partial charge is 0.127 e. The van der Waals surface area contributed by atoms with E-state index in [1.54, 1.807) is 0 Å². The molecule has 4 aromatic rings. The molecule has 0 aliphatic carbocycles. The molecule has 0 saturated carbocycles. The normalized spacial score (nSPS) is 11.3. The van der Waals surface area contributed by atoms with E-state index in [0.717, 1.165) is 34.0 Å². The summed E-state index contributed by atoms with van der Waals surface area (Å²) in [4.78, 5) is 9.06. The van der Waals surface area contributed by atoms with Gasteiger partial charge in [0.1, 0.15) is 11.5 Å². The molecule has 0 unspecified atom stereocenters. The van der Waals surface area contributed by atoms with Gasteiger partial charge in [-0.2, -0.15) is 0 Å². The zero-order valence-electron chi connectivity index (χ0n) is 16.5.